The standard InChI is InChI=1S/C32H40O8Si4/c1-41(2)33-25-9-13-27(14-10-25)35-42(3,4)37-29-17-21-31(22-18-29)39-44(7,8)40-32-23-19-30(20-24-32)38-43(5,6)36-28-15-11-26(34-41)12-16-28/h9-24H,1-8H3. The molecular formula is C32H40O8Si4. The second-order valence-corrected chi connectivity index (χ2v) is 25.1. The van der Waals surface area contributed by atoms with Gasteiger partial charge >= 0.3 is 34.2 Å². The highest BCUT2D eigenvalue weighted by Gasteiger charge is 2.33. The van der Waals surface area contributed by atoms with E-state index in [0.29, 0.717) is 46.0 Å². The fraction of sp³-hybridized carbons (Fsp3) is 0.250. The highest BCUT2D eigenvalue weighted by molar-refractivity contribution is 6.67. The third-order valence-electron chi connectivity index (χ3n) is 6.20. The van der Waals surface area contributed by atoms with Gasteiger partial charge in [0.1, 0.15) is 46.0 Å². The van der Waals surface area contributed by atoms with E-state index >= 15 is 0 Å². The molecule has 0 unspecified atom stereocenters. The maximum atomic E-state index is 6.29. The number of benzene rings is 4. The monoisotopic (exact) mass is 664 g/mol. The van der Waals surface area contributed by atoms with E-state index in [1.165, 1.54) is 0 Å². The molecule has 0 radical (unpaired) electrons. The maximum absolute atomic E-state index is 6.29. The number of hydrogen-bond donors (Lipinski definition) is 0. The van der Waals surface area contributed by atoms with E-state index in [4.69, 9.17) is 35.4 Å². The Hall–Kier alpha value is -3.85. The van der Waals surface area contributed by atoms with Gasteiger partial charge in [-0.2, -0.15) is 0 Å². The predicted molar refractivity (Wildman–Crippen MR) is 181 cm³/mol. The van der Waals surface area contributed by atoms with Crippen molar-refractivity contribution in [3.8, 4) is 46.0 Å². The molecule has 44 heavy (non-hydrogen) atoms. The molecule has 8 bridgehead atoms. The molecule has 232 valence electrons. The van der Waals surface area contributed by atoms with Crippen LogP contribution in [0.2, 0.25) is 52.4 Å². The summed E-state index contributed by atoms with van der Waals surface area (Å²) in [5.41, 5.74) is 0. The van der Waals surface area contributed by atoms with Crippen LogP contribution in [0.15, 0.2) is 97.1 Å². The van der Waals surface area contributed by atoms with Crippen LogP contribution in [-0.2, 0) is 0 Å². The first-order chi connectivity index (χ1) is 20.6. The molecule has 4 aromatic rings. The van der Waals surface area contributed by atoms with Crippen LogP contribution >= 0.6 is 0 Å². The predicted octanol–water partition coefficient (Wildman–Crippen LogP) is 8.64. The highest BCUT2D eigenvalue weighted by Crippen LogP contribution is 2.30. The number of hydrogen-bond acceptors (Lipinski definition) is 8. The summed E-state index contributed by atoms with van der Waals surface area (Å²) in [6.07, 6.45) is 0. The smallest absolute Gasteiger partial charge is 0.454 e. The van der Waals surface area contributed by atoms with Gasteiger partial charge in [0.25, 0.3) is 0 Å². The maximum Gasteiger partial charge on any atom is 0.454 e. The molecular weight excluding hydrogens is 625 g/mol. The van der Waals surface area contributed by atoms with E-state index < -0.39 is 34.2 Å². The Balaban J connectivity index is 1.39. The molecule has 0 aromatic heterocycles. The first-order valence-electron chi connectivity index (χ1n) is 14.6. The Labute approximate surface area is 264 Å². The molecule has 11 rings (SSSR count). The summed E-state index contributed by atoms with van der Waals surface area (Å²) in [6, 6.07) is 30.3. The molecule has 7 heterocycles. The fourth-order valence-electron chi connectivity index (χ4n) is 4.66. The largest absolute Gasteiger partial charge is 0.512 e. The molecule has 7 aliphatic rings. The molecule has 0 spiro atoms. The van der Waals surface area contributed by atoms with Crippen molar-refractivity contribution in [1.29, 1.82) is 0 Å². The molecule has 12 heteroatoms. The van der Waals surface area contributed by atoms with Crippen molar-refractivity contribution >= 4 is 34.2 Å². The molecule has 0 amide bonds. The van der Waals surface area contributed by atoms with Gasteiger partial charge in [0.05, 0.1) is 0 Å². The summed E-state index contributed by atoms with van der Waals surface area (Å²) >= 11 is 0. The summed E-state index contributed by atoms with van der Waals surface area (Å²) in [7, 11) is -10.3. The van der Waals surface area contributed by atoms with Gasteiger partial charge in [-0.1, -0.05) is 0 Å². The molecule has 0 saturated carbocycles. The Bertz CT molecular complexity index is 1190. The van der Waals surface area contributed by atoms with Crippen molar-refractivity contribution in [2.75, 3.05) is 0 Å². The van der Waals surface area contributed by atoms with Crippen molar-refractivity contribution in [2.24, 2.45) is 0 Å². The summed E-state index contributed by atoms with van der Waals surface area (Å²) in [6.45, 7) is 16.0. The fourth-order valence-corrected chi connectivity index (χ4v) is 10.5. The Morgan fingerprint density at radius 3 is 0.409 bits per heavy atom. The SMILES string of the molecule is C[Si]1(C)Oc2ccc(cc2)O[Si](C)(C)Oc2ccc(cc2)O[Si](C)(C)Oc2ccc(cc2)O[Si](C)(C)Oc2ccc(cc2)O1. The Kier molecular flexibility index (Phi) is 8.80. The second kappa shape index (κ2) is 12.3. The third-order valence-corrected chi connectivity index (χ3v) is 12.0. The Morgan fingerprint density at radius 2 is 0.318 bits per heavy atom. The third kappa shape index (κ3) is 9.08. The summed E-state index contributed by atoms with van der Waals surface area (Å²) in [5.74, 6) is 5.71. The van der Waals surface area contributed by atoms with Crippen LogP contribution in [0, 0.1) is 0 Å². The first kappa shape index (κ1) is 31.6. The molecule has 0 saturated heterocycles. The van der Waals surface area contributed by atoms with Crippen LogP contribution in [0.25, 0.3) is 0 Å². The molecule has 4 aromatic carbocycles. The van der Waals surface area contributed by atoms with E-state index in [0.717, 1.165) is 0 Å². The van der Waals surface area contributed by atoms with E-state index in [1.807, 2.05) is 149 Å². The summed E-state index contributed by atoms with van der Waals surface area (Å²) < 4.78 is 50.3. The van der Waals surface area contributed by atoms with Gasteiger partial charge < -0.3 is 35.4 Å². The summed E-state index contributed by atoms with van der Waals surface area (Å²) in [4.78, 5) is 0. The second-order valence-electron chi connectivity index (χ2n) is 12.3. The van der Waals surface area contributed by atoms with Crippen LogP contribution in [0.1, 0.15) is 0 Å². The van der Waals surface area contributed by atoms with Crippen LogP contribution in [0.4, 0.5) is 0 Å². The zero-order valence-electron chi connectivity index (χ0n) is 26.5. The average molecular weight is 665 g/mol. The van der Waals surface area contributed by atoms with Crippen LogP contribution in [0.3, 0.4) is 0 Å². The van der Waals surface area contributed by atoms with Gasteiger partial charge in [0, 0.05) is 52.4 Å². The quantitative estimate of drug-likeness (QED) is 0.173. The van der Waals surface area contributed by atoms with Crippen molar-refractivity contribution in [3.63, 3.8) is 0 Å². The van der Waals surface area contributed by atoms with E-state index in [1.54, 1.807) is 0 Å². The van der Waals surface area contributed by atoms with Crippen molar-refractivity contribution in [1.82, 2.24) is 0 Å². The van der Waals surface area contributed by atoms with Crippen LogP contribution in [0.5, 0.6) is 46.0 Å². The molecule has 0 atom stereocenters. The van der Waals surface area contributed by atoms with Crippen LogP contribution in [-0.4, -0.2) is 34.2 Å². The Morgan fingerprint density at radius 1 is 0.227 bits per heavy atom. The summed E-state index contributed by atoms with van der Waals surface area (Å²) in [5, 5.41) is 0. The minimum Gasteiger partial charge on any atom is -0.512 e. The minimum absolute atomic E-state index is 0.714. The molecule has 7 aliphatic heterocycles. The number of rotatable bonds is 0. The normalized spacial score (nSPS) is 18.4. The molecule has 0 aliphatic carbocycles. The topological polar surface area (TPSA) is 73.8 Å². The van der Waals surface area contributed by atoms with Gasteiger partial charge in [-0.15, -0.1) is 0 Å². The van der Waals surface area contributed by atoms with Gasteiger partial charge in [-0.05, 0) is 97.1 Å². The van der Waals surface area contributed by atoms with Gasteiger partial charge in [-0.25, -0.2) is 0 Å². The molecule has 0 fully saturated rings. The minimum atomic E-state index is -2.56. The zero-order valence-corrected chi connectivity index (χ0v) is 30.5. The van der Waals surface area contributed by atoms with Gasteiger partial charge in [-0.3, -0.25) is 0 Å². The van der Waals surface area contributed by atoms with E-state index in [-0.39, 0.29) is 0 Å². The van der Waals surface area contributed by atoms with Crippen molar-refractivity contribution in [3.05, 3.63) is 97.1 Å². The van der Waals surface area contributed by atoms with E-state index in [9.17, 15) is 0 Å². The zero-order chi connectivity index (χ0) is 31.6. The first-order valence-corrected chi connectivity index (χ1v) is 25.8. The van der Waals surface area contributed by atoms with Crippen molar-refractivity contribution < 1.29 is 35.4 Å². The highest BCUT2D eigenvalue weighted by atomic mass is 28.4. The molecule has 8 nitrogen and oxygen atoms in total. The lowest BCUT2D eigenvalue weighted by molar-refractivity contribution is 0.387. The van der Waals surface area contributed by atoms with Gasteiger partial charge in [0.15, 0.2) is 0 Å². The van der Waals surface area contributed by atoms with E-state index in [2.05, 4.69) is 0 Å². The van der Waals surface area contributed by atoms with Crippen molar-refractivity contribution in [2.45, 2.75) is 52.4 Å². The van der Waals surface area contributed by atoms with Crippen LogP contribution < -0.4 is 35.4 Å². The lowest BCUT2D eigenvalue weighted by Crippen LogP contribution is -2.42. The molecule has 0 N–H and O–H groups in total. The average Bonchev–Trinajstić information content (AvgIpc) is 2.91. The van der Waals surface area contributed by atoms with Gasteiger partial charge in [0.2, 0.25) is 0 Å². The lowest BCUT2D eigenvalue weighted by Gasteiger charge is -2.28. The lowest BCUT2D eigenvalue weighted by atomic mass is 10.3.